The molecule has 8 heteroatoms. The van der Waals surface area contributed by atoms with Crippen molar-refractivity contribution in [2.45, 2.75) is 125 Å². The van der Waals surface area contributed by atoms with Gasteiger partial charge in [0.25, 0.3) is 0 Å². The molecule has 0 amide bonds. The lowest BCUT2D eigenvalue weighted by Crippen LogP contribution is -1.85. The van der Waals surface area contributed by atoms with Gasteiger partial charge in [0.2, 0.25) is 0 Å². The van der Waals surface area contributed by atoms with Gasteiger partial charge in [0, 0.05) is 14.2 Å². The smallest absolute Gasteiger partial charge is 0.379 e. The van der Waals surface area contributed by atoms with Crippen molar-refractivity contribution in [1.82, 2.24) is 0 Å². The second kappa shape index (κ2) is 71.2. The average molecular weight is 440 g/mol. The SMILES string of the molecule is C.C1CCCC1.C1CCCCC1.CC.CCCC.CO.CO.FC(F)F.O=NO. The highest BCUT2D eigenvalue weighted by Crippen LogP contribution is 2.15. The molecule has 186 valence electrons. The number of hydrogen-bond acceptors (Lipinski definition) is 4. The minimum absolute atomic E-state index is 0. The summed E-state index contributed by atoms with van der Waals surface area (Å²) in [6.45, 7) is 4.69. The summed E-state index contributed by atoms with van der Waals surface area (Å²) in [5.41, 5.74) is 0. The maximum absolute atomic E-state index is 9.67. The monoisotopic (exact) mass is 439 g/mol. The van der Waals surface area contributed by atoms with Gasteiger partial charge in [-0.05, 0) is 0 Å². The summed E-state index contributed by atoms with van der Waals surface area (Å²) < 4.78 is 29.0. The Balaban J connectivity index is -0.0000000395. The molecule has 29 heavy (non-hydrogen) atoms. The molecule has 0 aliphatic heterocycles. The summed E-state index contributed by atoms with van der Waals surface area (Å²) in [5, 5.41) is 21.9. The summed E-state index contributed by atoms with van der Waals surface area (Å²) >= 11 is 0. The normalized spacial score (nSPS) is 12.4. The molecule has 3 N–H and O–H groups in total. The van der Waals surface area contributed by atoms with Gasteiger partial charge in [-0.3, -0.25) is 0 Å². The third-order valence-electron chi connectivity index (χ3n) is 3.25. The molecule has 0 unspecified atom stereocenters. The van der Waals surface area contributed by atoms with Crippen molar-refractivity contribution in [2.24, 2.45) is 5.34 Å². The molecule has 0 saturated heterocycles. The standard InChI is InChI=1S/C6H12.C5H10.C4H10.C2H6.CHF3.2CH4O.CH4.HNO2/c1-2-4-6-5-3-1;1-2-4-5-3-1;1-3-4-2;1-2;2-1(3)4;2*1-2;;2-1-3/h1-6H2;1-5H2;3-4H2,1-2H3;1-2H3;1H;2*2H,1H3;1H4;(H,2,3). The van der Waals surface area contributed by atoms with E-state index in [2.05, 4.69) is 13.8 Å². The van der Waals surface area contributed by atoms with E-state index in [0.29, 0.717) is 0 Å². The van der Waals surface area contributed by atoms with E-state index in [0.717, 1.165) is 14.2 Å². The molecule has 5 nitrogen and oxygen atoms in total. The van der Waals surface area contributed by atoms with E-state index in [4.69, 9.17) is 20.3 Å². The maximum Gasteiger partial charge on any atom is 0.379 e. The number of aliphatic hydroxyl groups excluding tert-OH is 2. The minimum Gasteiger partial charge on any atom is -0.400 e. The number of alkyl halides is 3. The lowest BCUT2D eigenvalue weighted by atomic mass is 10.0. The van der Waals surface area contributed by atoms with Crippen molar-refractivity contribution >= 4 is 0 Å². The van der Waals surface area contributed by atoms with Crippen LogP contribution in [0.5, 0.6) is 0 Å². The van der Waals surface area contributed by atoms with Gasteiger partial charge >= 0.3 is 6.68 Å². The number of rotatable bonds is 1. The van der Waals surface area contributed by atoms with Gasteiger partial charge in [-0.25, -0.2) is 0 Å². The molecule has 0 atom stereocenters. The first-order valence-corrected chi connectivity index (χ1v) is 10.3. The van der Waals surface area contributed by atoms with Crippen molar-refractivity contribution in [3.63, 3.8) is 0 Å². The molecule has 0 spiro atoms. The molecular formula is C21H52F3NO4. The molecule has 0 radical (unpaired) electrons. The van der Waals surface area contributed by atoms with E-state index >= 15 is 0 Å². The van der Waals surface area contributed by atoms with Crippen LogP contribution in [-0.4, -0.2) is 36.3 Å². The van der Waals surface area contributed by atoms with Crippen LogP contribution in [0.15, 0.2) is 5.34 Å². The van der Waals surface area contributed by atoms with Crippen LogP contribution in [0.1, 0.15) is 119 Å². The fourth-order valence-corrected chi connectivity index (χ4v) is 1.94. The Morgan fingerprint density at radius 3 is 0.759 bits per heavy atom. The van der Waals surface area contributed by atoms with Crippen molar-refractivity contribution in [3.05, 3.63) is 4.91 Å². The van der Waals surface area contributed by atoms with Gasteiger partial charge in [0.15, 0.2) is 5.34 Å². The highest BCUT2D eigenvalue weighted by molar-refractivity contribution is 4.51. The van der Waals surface area contributed by atoms with Gasteiger partial charge in [0.1, 0.15) is 0 Å². The van der Waals surface area contributed by atoms with Crippen LogP contribution in [0.2, 0.25) is 0 Å². The van der Waals surface area contributed by atoms with Crippen molar-refractivity contribution in [1.29, 1.82) is 0 Å². The Kier molecular flexibility index (Phi) is 114. The lowest BCUT2D eigenvalue weighted by Gasteiger charge is -2.05. The first kappa shape index (κ1) is 46.4. The van der Waals surface area contributed by atoms with E-state index in [9.17, 15) is 13.2 Å². The first-order valence-electron chi connectivity index (χ1n) is 10.3. The number of hydrogen-bond donors (Lipinski definition) is 3. The predicted molar refractivity (Wildman–Crippen MR) is 120 cm³/mol. The Hall–Kier alpha value is -0.890. The second-order valence-corrected chi connectivity index (χ2v) is 5.22. The van der Waals surface area contributed by atoms with Crippen LogP contribution in [0.25, 0.3) is 0 Å². The van der Waals surface area contributed by atoms with Crippen molar-refractivity contribution in [2.75, 3.05) is 14.2 Å². The zero-order valence-electron chi connectivity index (χ0n) is 19.1. The Bertz CT molecular complexity index is 161. The topological polar surface area (TPSA) is 90.1 Å². The zero-order chi connectivity index (χ0) is 23.5. The molecule has 2 fully saturated rings. The lowest BCUT2D eigenvalue weighted by molar-refractivity contribution is 0.00819. The van der Waals surface area contributed by atoms with Crippen LogP contribution in [0.4, 0.5) is 13.2 Å². The molecule has 2 aliphatic carbocycles. The summed E-state index contributed by atoms with van der Waals surface area (Å²) in [7, 11) is 2.00. The molecule has 2 saturated carbocycles. The summed E-state index contributed by atoms with van der Waals surface area (Å²) in [4.78, 5) is 8.11. The number of halogens is 3. The van der Waals surface area contributed by atoms with E-state index in [1.165, 1.54) is 88.8 Å². The van der Waals surface area contributed by atoms with Crippen LogP contribution >= 0.6 is 0 Å². The van der Waals surface area contributed by atoms with Crippen molar-refractivity contribution < 1.29 is 28.6 Å². The van der Waals surface area contributed by atoms with E-state index in [1.807, 2.05) is 13.8 Å². The van der Waals surface area contributed by atoms with Crippen LogP contribution in [0, 0.1) is 4.91 Å². The average Bonchev–Trinajstić information content (AvgIpc) is 3.34. The van der Waals surface area contributed by atoms with Gasteiger partial charge in [-0.15, -0.1) is 4.91 Å². The molecule has 2 aliphatic rings. The quantitative estimate of drug-likeness (QED) is 0.283. The second-order valence-electron chi connectivity index (χ2n) is 5.22. The number of nitrogens with zero attached hydrogens (tertiary/aromatic N) is 1. The molecule has 0 aromatic carbocycles. The maximum atomic E-state index is 9.67. The Morgan fingerprint density at radius 2 is 0.724 bits per heavy atom. The van der Waals surface area contributed by atoms with E-state index in [1.54, 1.807) is 0 Å². The zero-order valence-corrected chi connectivity index (χ0v) is 19.1. The van der Waals surface area contributed by atoms with Crippen LogP contribution in [0.3, 0.4) is 0 Å². The largest absolute Gasteiger partial charge is 0.400 e. The third kappa shape index (κ3) is 138. The molecule has 0 bridgehead atoms. The Labute approximate surface area is 179 Å². The van der Waals surface area contributed by atoms with Gasteiger partial charge in [0.05, 0.1) is 0 Å². The third-order valence-corrected chi connectivity index (χ3v) is 3.25. The van der Waals surface area contributed by atoms with E-state index in [-0.39, 0.29) is 7.43 Å². The summed E-state index contributed by atoms with van der Waals surface area (Å²) in [6, 6.07) is 0. The van der Waals surface area contributed by atoms with Gasteiger partial charge < -0.3 is 15.4 Å². The molecule has 0 aromatic heterocycles. The minimum atomic E-state index is -3.67. The molecule has 2 rings (SSSR count). The van der Waals surface area contributed by atoms with Gasteiger partial charge in [-0.1, -0.05) is 119 Å². The van der Waals surface area contributed by atoms with Crippen molar-refractivity contribution in [3.8, 4) is 0 Å². The van der Waals surface area contributed by atoms with Gasteiger partial charge in [-0.2, -0.15) is 13.2 Å². The van der Waals surface area contributed by atoms with E-state index < -0.39 is 6.68 Å². The highest BCUT2D eigenvalue weighted by Gasteiger charge is 1.96. The fraction of sp³-hybridized carbons (Fsp3) is 1.00. The number of unbranched alkanes of at least 4 members (excludes halogenated alkanes) is 1. The molecular weight excluding hydrogens is 387 g/mol. The predicted octanol–water partition coefficient (Wildman–Crippen LogP) is 8.30. The fourth-order valence-electron chi connectivity index (χ4n) is 1.94. The highest BCUT2D eigenvalue weighted by atomic mass is 19.4. The first-order chi connectivity index (χ1) is 13.6. The summed E-state index contributed by atoms with van der Waals surface area (Å²) in [5.74, 6) is 0. The summed E-state index contributed by atoms with van der Waals surface area (Å²) in [6.07, 6.45) is 19.1. The number of aliphatic hydroxyl groups is 2. The Morgan fingerprint density at radius 1 is 0.655 bits per heavy atom. The molecule has 0 aromatic rings. The molecule has 0 heterocycles. The van der Waals surface area contributed by atoms with Crippen LogP contribution < -0.4 is 0 Å². The van der Waals surface area contributed by atoms with Crippen LogP contribution in [-0.2, 0) is 0 Å².